The molecule has 0 radical (unpaired) electrons. The van der Waals surface area contributed by atoms with Crippen LogP contribution in [0.25, 0.3) is 6.08 Å². The lowest BCUT2D eigenvalue weighted by Gasteiger charge is -2.36. The lowest BCUT2D eigenvalue weighted by Crippen LogP contribution is -2.40. The number of hydrogen-bond acceptors (Lipinski definition) is 6. The van der Waals surface area contributed by atoms with E-state index in [0.717, 1.165) is 75.8 Å². The highest BCUT2D eigenvalue weighted by Gasteiger charge is 2.34. The third kappa shape index (κ3) is 7.18. The number of amides is 1. The molecule has 2 aliphatic rings. The Kier molecular flexibility index (Phi) is 11.5. The van der Waals surface area contributed by atoms with Gasteiger partial charge in [0.15, 0.2) is 0 Å². The van der Waals surface area contributed by atoms with Gasteiger partial charge in [-0.1, -0.05) is 94.3 Å². The van der Waals surface area contributed by atoms with Crippen LogP contribution >= 0.6 is 24.0 Å². The molecule has 42 heavy (non-hydrogen) atoms. The third-order valence-corrected chi connectivity index (χ3v) is 10.1. The van der Waals surface area contributed by atoms with Crippen LogP contribution in [0.4, 0.5) is 5.82 Å². The number of piperidine rings is 1. The number of pyridine rings is 1. The fourth-order valence-corrected chi connectivity index (χ4v) is 7.43. The van der Waals surface area contributed by atoms with Crippen molar-refractivity contribution in [2.45, 2.75) is 85.6 Å². The number of carbonyl (C=O) groups is 1. The number of unbranched alkanes of at least 4 members (excludes halogenated alkanes) is 1. The molecule has 0 bridgehead atoms. The fraction of sp³-hybridized carbons (Fsp3) is 0.529. The lowest BCUT2D eigenvalue weighted by molar-refractivity contribution is -0.122. The Morgan fingerprint density at radius 2 is 1.83 bits per heavy atom. The second-order valence-electron chi connectivity index (χ2n) is 11.6. The van der Waals surface area contributed by atoms with Gasteiger partial charge in [-0.2, -0.15) is 5.26 Å². The van der Waals surface area contributed by atoms with Gasteiger partial charge >= 0.3 is 0 Å². The summed E-state index contributed by atoms with van der Waals surface area (Å²) >= 11 is 7.03. The number of thioether (sulfide) groups is 1. The van der Waals surface area contributed by atoms with Gasteiger partial charge in [0.1, 0.15) is 21.8 Å². The van der Waals surface area contributed by atoms with Crippen LogP contribution in [-0.2, 0) is 17.8 Å². The van der Waals surface area contributed by atoms with Crippen molar-refractivity contribution in [2.24, 2.45) is 11.8 Å². The molecule has 0 spiro atoms. The Bertz CT molecular complexity index is 1400. The highest BCUT2D eigenvalue weighted by molar-refractivity contribution is 8.26. The normalized spacial score (nSPS) is 17.7. The molecule has 224 valence electrons. The van der Waals surface area contributed by atoms with Crippen LogP contribution in [0, 0.1) is 30.1 Å². The molecule has 0 aliphatic carbocycles. The zero-order chi connectivity index (χ0) is 30.2. The van der Waals surface area contributed by atoms with Crippen LogP contribution in [-0.4, -0.2) is 39.3 Å². The van der Waals surface area contributed by atoms with Gasteiger partial charge in [-0.05, 0) is 68.1 Å². The zero-order valence-corrected chi connectivity index (χ0v) is 27.2. The van der Waals surface area contributed by atoms with E-state index in [2.05, 4.69) is 55.1 Å². The van der Waals surface area contributed by atoms with Gasteiger partial charge in [-0.15, -0.1) is 0 Å². The summed E-state index contributed by atoms with van der Waals surface area (Å²) in [6, 6.07) is 12.8. The summed E-state index contributed by atoms with van der Waals surface area (Å²) in [6.07, 6.45) is 10.1. The van der Waals surface area contributed by atoms with Crippen molar-refractivity contribution in [3.8, 4) is 6.07 Å². The quantitative estimate of drug-likeness (QED) is 0.187. The maximum absolute atomic E-state index is 13.7. The predicted molar refractivity (Wildman–Crippen MR) is 179 cm³/mol. The first kappa shape index (κ1) is 32.0. The minimum Gasteiger partial charge on any atom is -0.357 e. The Morgan fingerprint density at radius 3 is 2.45 bits per heavy atom. The zero-order valence-electron chi connectivity index (χ0n) is 25.5. The van der Waals surface area contributed by atoms with Crippen molar-refractivity contribution in [1.29, 1.82) is 5.26 Å². The average Bonchev–Trinajstić information content (AvgIpc) is 3.26. The number of nitrogens with zero attached hydrogens (tertiary/aromatic N) is 4. The number of aromatic nitrogens is 1. The van der Waals surface area contributed by atoms with E-state index < -0.39 is 0 Å². The van der Waals surface area contributed by atoms with Gasteiger partial charge < -0.3 is 4.90 Å². The van der Waals surface area contributed by atoms with E-state index >= 15 is 0 Å². The first-order valence-corrected chi connectivity index (χ1v) is 16.8. The number of nitriles is 1. The molecule has 2 aromatic rings. The molecule has 2 fully saturated rings. The summed E-state index contributed by atoms with van der Waals surface area (Å²) in [5, 5.41) is 9.99. The molecule has 0 saturated carbocycles. The Hall–Kier alpha value is -2.89. The van der Waals surface area contributed by atoms with Gasteiger partial charge in [0.2, 0.25) is 0 Å². The highest BCUT2D eigenvalue weighted by Crippen LogP contribution is 2.38. The minimum absolute atomic E-state index is 0.0707. The minimum atomic E-state index is -0.246. The molecule has 8 heteroatoms. The predicted octanol–water partition coefficient (Wildman–Crippen LogP) is 7.32. The van der Waals surface area contributed by atoms with Crippen molar-refractivity contribution >= 4 is 46.1 Å². The fourth-order valence-electron chi connectivity index (χ4n) is 6.18. The number of anilines is 1. The molecule has 1 unspecified atom stereocenters. The second kappa shape index (κ2) is 15.0. The van der Waals surface area contributed by atoms with Gasteiger partial charge in [0.25, 0.3) is 11.5 Å². The molecule has 1 atom stereocenters. The summed E-state index contributed by atoms with van der Waals surface area (Å²) < 4.78 is 2.36. The lowest BCUT2D eigenvalue weighted by atomic mass is 9.90. The molecule has 6 nitrogen and oxygen atoms in total. The van der Waals surface area contributed by atoms with Crippen LogP contribution in [0.1, 0.15) is 88.0 Å². The van der Waals surface area contributed by atoms with E-state index in [1.165, 1.54) is 17.3 Å². The van der Waals surface area contributed by atoms with E-state index in [9.17, 15) is 14.9 Å². The largest absolute Gasteiger partial charge is 0.357 e. The van der Waals surface area contributed by atoms with Crippen LogP contribution in [0.15, 0.2) is 40.0 Å². The van der Waals surface area contributed by atoms with Crippen LogP contribution in [0.3, 0.4) is 0 Å². The Balaban J connectivity index is 1.68. The van der Waals surface area contributed by atoms with E-state index in [0.29, 0.717) is 39.7 Å². The monoisotopic (exact) mass is 604 g/mol. The SMILES string of the molecule is CCCCC(CC)CN1C(=O)C(=Cc2c(C)c(C#N)c(=O)n(CCC)c2N2CCC(Cc3ccccc3)CC2)SC1=S. The number of rotatable bonds is 12. The first-order valence-electron chi connectivity index (χ1n) is 15.5. The first-order chi connectivity index (χ1) is 20.3. The number of benzene rings is 1. The summed E-state index contributed by atoms with van der Waals surface area (Å²) in [5.74, 6) is 1.75. The maximum Gasteiger partial charge on any atom is 0.270 e. The van der Waals surface area contributed by atoms with E-state index in [-0.39, 0.29) is 17.0 Å². The molecule has 1 aromatic heterocycles. The molecule has 2 saturated heterocycles. The average molecular weight is 605 g/mol. The molecule has 4 rings (SSSR count). The molecular weight excluding hydrogens is 561 g/mol. The van der Waals surface area contributed by atoms with Crippen LogP contribution in [0.2, 0.25) is 0 Å². The Morgan fingerprint density at radius 1 is 1.12 bits per heavy atom. The van der Waals surface area contributed by atoms with Crippen molar-refractivity contribution in [3.05, 3.63) is 67.8 Å². The van der Waals surface area contributed by atoms with Crippen molar-refractivity contribution in [2.75, 3.05) is 24.5 Å². The van der Waals surface area contributed by atoms with Crippen molar-refractivity contribution < 1.29 is 4.79 Å². The summed E-state index contributed by atoms with van der Waals surface area (Å²) in [4.78, 5) is 31.9. The third-order valence-electron chi connectivity index (χ3n) is 8.71. The number of thiocarbonyl (C=S) groups is 1. The molecule has 3 heterocycles. The molecule has 0 N–H and O–H groups in total. The summed E-state index contributed by atoms with van der Waals surface area (Å²) in [7, 11) is 0. The molecular formula is C34H44N4O2S2. The standard InChI is InChI=1S/C34H44N4O2S2/c1-5-8-12-25(7-3)23-38-33(40)30(42-34(38)41)21-28-24(4)29(22-35)32(39)37(17-6-2)31(28)36-18-15-27(16-19-36)20-26-13-10-9-11-14-26/h9-11,13-14,21,25,27H,5-8,12,15-20,23H2,1-4H3. The molecule has 1 aromatic carbocycles. The number of hydrogen-bond donors (Lipinski definition) is 0. The van der Waals surface area contributed by atoms with Gasteiger partial charge in [-0.3, -0.25) is 19.1 Å². The second-order valence-corrected chi connectivity index (χ2v) is 13.3. The maximum atomic E-state index is 13.7. The highest BCUT2D eigenvalue weighted by atomic mass is 32.2. The van der Waals surface area contributed by atoms with Crippen LogP contribution < -0.4 is 10.5 Å². The topological polar surface area (TPSA) is 69.3 Å². The molecule has 1 amide bonds. The van der Waals surface area contributed by atoms with Gasteiger partial charge in [-0.25, -0.2) is 0 Å². The smallest absolute Gasteiger partial charge is 0.270 e. The molecule has 2 aliphatic heterocycles. The number of carbonyl (C=O) groups excluding carboxylic acids is 1. The summed E-state index contributed by atoms with van der Waals surface area (Å²) in [5.41, 5.74) is 2.69. The van der Waals surface area contributed by atoms with Gasteiger partial charge in [0.05, 0.1) is 4.91 Å². The van der Waals surface area contributed by atoms with Crippen molar-refractivity contribution in [1.82, 2.24) is 9.47 Å². The summed E-state index contributed by atoms with van der Waals surface area (Å²) in [6.45, 7) is 11.0. The van der Waals surface area contributed by atoms with E-state index in [1.807, 2.05) is 19.9 Å². The van der Waals surface area contributed by atoms with E-state index in [4.69, 9.17) is 12.2 Å². The van der Waals surface area contributed by atoms with Gasteiger partial charge in [0, 0.05) is 31.7 Å². The van der Waals surface area contributed by atoms with Crippen LogP contribution in [0.5, 0.6) is 0 Å². The Labute approximate surface area is 260 Å². The van der Waals surface area contributed by atoms with E-state index in [1.54, 1.807) is 9.47 Å². The van der Waals surface area contributed by atoms with Crippen molar-refractivity contribution in [3.63, 3.8) is 0 Å².